The molecule has 0 saturated heterocycles. The van der Waals surface area contributed by atoms with Crippen LogP contribution in [0.2, 0.25) is 0 Å². The second kappa shape index (κ2) is 5.62. The Morgan fingerprint density at radius 1 is 1.00 bits per heavy atom. The molecule has 0 aliphatic carbocycles. The fraction of sp³-hybridized carbons (Fsp3) is 0.800. The fourth-order valence-corrected chi connectivity index (χ4v) is 1.37. The standard InChI is InChI=1S/C10H20N4/c1-3-5-7-9-12-13-10(14(9)11)8-6-4-2/h3-8,11H2,1-2H3. The summed E-state index contributed by atoms with van der Waals surface area (Å²) >= 11 is 0. The second-order valence-corrected chi connectivity index (χ2v) is 3.61. The maximum atomic E-state index is 5.88. The zero-order chi connectivity index (χ0) is 10.4. The number of hydrogen-bond acceptors (Lipinski definition) is 3. The molecule has 4 heteroatoms. The van der Waals surface area contributed by atoms with Crippen molar-refractivity contribution in [2.75, 3.05) is 5.84 Å². The fourth-order valence-electron chi connectivity index (χ4n) is 1.37. The molecule has 2 N–H and O–H groups in total. The number of rotatable bonds is 6. The van der Waals surface area contributed by atoms with Gasteiger partial charge in [0.1, 0.15) is 0 Å². The van der Waals surface area contributed by atoms with Crippen LogP contribution in [0.5, 0.6) is 0 Å². The molecule has 0 radical (unpaired) electrons. The topological polar surface area (TPSA) is 56.7 Å². The third-order valence-electron chi connectivity index (χ3n) is 2.34. The molecular weight excluding hydrogens is 176 g/mol. The molecule has 0 aliphatic heterocycles. The highest BCUT2D eigenvalue weighted by Crippen LogP contribution is 2.05. The van der Waals surface area contributed by atoms with Crippen LogP contribution in [0.15, 0.2) is 0 Å². The van der Waals surface area contributed by atoms with Gasteiger partial charge in [0.15, 0.2) is 11.6 Å². The van der Waals surface area contributed by atoms with E-state index in [2.05, 4.69) is 24.0 Å². The summed E-state index contributed by atoms with van der Waals surface area (Å²) in [6.45, 7) is 4.32. The van der Waals surface area contributed by atoms with Gasteiger partial charge in [0.25, 0.3) is 0 Å². The predicted octanol–water partition coefficient (Wildman–Crippen LogP) is 1.68. The van der Waals surface area contributed by atoms with Gasteiger partial charge >= 0.3 is 0 Å². The first-order valence-corrected chi connectivity index (χ1v) is 5.47. The Labute approximate surface area is 85.5 Å². The summed E-state index contributed by atoms with van der Waals surface area (Å²) in [6, 6.07) is 0. The molecule has 0 fully saturated rings. The highest BCUT2D eigenvalue weighted by Gasteiger charge is 2.07. The van der Waals surface area contributed by atoms with Crippen LogP contribution in [-0.2, 0) is 12.8 Å². The van der Waals surface area contributed by atoms with Crippen molar-refractivity contribution in [2.24, 2.45) is 0 Å². The van der Waals surface area contributed by atoms with Crippen LogP contribution in [0, 0.1) is 0 Å². The molecule has 0 spiro atoms. The molecule has 14 heavy (non-hydrogen) atoms. The molecule has 0 amide bonds. The van der Waals surface area contributed by atoms with Crippen molar-refractivity contribution in [2.45, 2.75) is 52.4 Å². The molecule has 80 valence electrons. The van der Waals surface area contributed by atoms with Crippen LogP contribution in [0.1, 0.15) is 51.2 Å². The van der Waals surface area contributed by atoms with Gasteiger partial charge in [-0.15, -0.1) is 10.2 Å². The van der Waals surface area contributed by atoms with Crippen LogP contribution >= 0.6 is 0 Å². The lowest BCUT2D eigenvalue weighted by atomic mass is 10.2. The second-order valence-electron chi connectivity index (χ2n) is 3.61. The molecule has 0 atom stereocenters. The van der Waals surface area contributed by atoms with Gasteiger partial charge in [-0.1, -0.05) is 26.7 Å². The van der Waals surface area contributed by atoms with Gasteiger partial charge in [-0.3, -0.25) is 0 Å². The SMILES string of the molecule is CCCCc1nnc(CCCC)n1N. The number of aryl methyl sites for hydroxylation is 2. The van der Waals surface area contributed by atoms with E-state index in [4.69, 9.17) is 5.84 Å². The summed E-state index contributed by atoms with van der Waals surface area (Å²) in [5, 5.41) is 8.19. The lowest BCUT2D eigenvalue weighted by Crippen LogP contribution is -2.16. The molecular formula is C10H20N4. The summed E-state index contributed by atoms with van der Waals surface area (Å²) in [6.07, 6.45) is 6.46. The number of unbranched alkanes of at least 4 members (excludes halogenated alkanes) is 2. The molecule has 1 rings (SSSR count). The quantitative estimate of drug-likeness (QED) is 0.704. The highest BCUT2D eigenvalue weighted by molar-refractivity contribution is 4.96. The smallest absolute Gasteiger partial charge is 0.151 e. The Morgan fingerprint density at radius 2 is 1.43 bits per heavy atom. The van der Waals surface area contributed by atoms with Crippen LogP contribution in [0.4, 0.5) is 0 Å². The Hall–Kier alpha value is -1.06. The molecule has 0 saturated carbocycles. The summed E-state index contributed by atoms with van der Waals surface area (Å²) in [5.41, 5.74) is 0. The monoisotopic (exact) mass is 196 g/mol. The van der Waals surface area contributed by atoms with E-state index in [9.17, 15) is 0 Å². The van der Waals surface area contributed by atoms with Gasteiger partial charge in [-0.2, -0.15) is 0 Å². The first-order valence-electron chi connectivity index (χ1n) is 5.47. The average molecular weight is 196 g/mol. The largest absolute Gasteiger partial charge is 0.336 e. The van der Waals surface area contributed by atoms with Crippen molar-refractivity contribution in [1.29, 1.82) is 0 Å². The van der Waals surface area contributed by atoms with E-state index >= 15 is 0 Å². The van der Waals surface area contributed by atoms with Crippen molar-refractivity contribution < 1.29 is 0 Å². The maximum Gasteiger partial charge on any atom is 0.151 e. The van der Waals surface area contributed by atoms with Gasteiger partial charge < -0.3 is 5.84 Å². The lowest BCUT2D eigenvalue weighted by molar-refractivity contribution is 0.696. The van der Waals surface area contributed by atoms with E-state index in [0.717, 1.165) is 50.2 Å². The minimum absolute atomic E-state index is 0.915. The number of aromatic nitrogens is 3. The van der Waals surface area contributed by atoms with Crippen molar-refractivity contribution >= 4 is 0 Å². The Bertz CT molecular complexity index is 242. The molecule has 0 aliphatic rings. The van der Waals surface area contributed by atoms with Gasteiger partial charge in [0.2, 0.25) is 0 Å². The minimum atomic E-state index is 0.915. The molecule has 0 bridgehead atoms. The molecule has 0 aromatic carbocycles. The molecule has 1 aromatic rings. The van der Waals surface area contributed by atoms with E-state index in [1.54, 1.807) is 4.68 Å². The van der Waals surface area contributed by atoms with Crippen molar-refractivity contribution in [1.82, 2.24) is 14.9 Å². The van der Waals surface area contributed by atoms with Crippen LogP contribution < -0.4 is 5.84 Å². The Balaban J connectivity index is 2.55. The lowest BCUT2D eigenvalue weighted by Gasteiger charge is -2.02. The summed E-state index contributed by atoms with van der Waals surface area (Å²) < 4.78 is 1.66. The average Bonchev–Trinajstić information content (AvgIpc) is 2.54. The number of hydrogen-bond donors (Lipinski definition) is 1. The van der Waals surface area contributed by atoms with Gasteiger partial charge in [-0.25, -0.2) is 4.68 Å². The summed E-state index contributed by atoms with van der Waals surface area (Å²) in [7, 11) is 0. The maximum absolute atomic E-state index is 5.88. The molecule has 1 heterocycles. The first kappa shape index (κ1) is 11.0. The van der Waals surface area contributed by atoms with E-state index in [1.807, 2.05) is 0 Å². The van der Waals surface area contributed by atoms with Gasteiger partial charge in [0, 0.05) is 12.8 Å². The van der Waals surface area contributed by atoms with Crippen molar-refractivity contribution in [3.63, 3.8) is 0 Å². The van der Waals surface area contributed by atoms with Crippen LogP contribution in [0.3, 0.4) is 0 Å². The normalized spacial score (nSPS) is 10.7. The predicted molar refractivity (Wildman–Crippen MR) is 57.4 cm³/mol. The Kier molecular flexibility index (Phi) is 4.43. The third kappa shape index (κ3) is 2.72. The molecule has 1 aromatic heterocycles. The summed E-state index contributed by atoms with van der Waals surface area (Å²) in [4.78, 5) is 0. The zero-order valence-corrected chi connectivity index (χ0v) is 9.16. The van der Waals surface area contributed by atoms with E-state index in [-0.39, 0.29) is 0 Å². The van der Waals surface area contributed by atoms with E-state index in [1.165, 1.54) is 0 Å². The van der Waals surface area contributed by atoms with Crippen molar-refractivity contribution in [3.8, 4) is 0 Å². The van der Waals surface area contributed by atoms with Gasteiger partial charge in [-0.05, 0) is 12.8 Å². The third-order valence-corrected chi connectivity index (χ3v) is 2.34. The Morgan fingerprint density at radius 3 is 1.79 bits per heavy atom. The van der Waals surface area contributed by atoms with Crippen LogP contribution in [0.25, 0.3) is 0 Å². The zero-order valence-electron chi connectivity index (χ0n) is 9.16. The number of nitrogen functional groups attached to an aromatic ring is 1. The minimum Gasteiger partial charge on any atom is -0.336 e. The number of nitrogens with zero attached hydrogens (tertiary/aromatic N) is 3. The van der Waals surface area contributed by atoms with Gasteiger partial charge in [0.05, 0.1) is 0 Å². The van der Waals surface area contributed by atoms with E-state index in [0.29, 0.717) is 0 Å². The summed E-state index contributed by atoms with van der Waals surface area (Å²) in [5.74, 6) is 7.71. The van der Waals surface area contributed by atoms with E-state index < -0.39 is 0 Å². The number of nitrogens with two attached hydrogens (primary N) is 1. The first-order chi connectivity index (χ1) is 6.79. The highest BCUT2D eigenvalue weighted by atomic mass is 15.4. The molecule has 4 nitrogen and oxygen atoms in total. The van der Waals surface area contributed by atoms with Crippen molar-refractivity contribution in [3.05, 3.63) is 11.6 Å². The van der Waals surface area contributed by atoms with Crippen LogP contribution in [-0.4, -0.2) is 14.9 Å². The molecule has 0 unspecified atom stereocenters.